The number of ether oxygens (including phenoxy) is 1. The number of nitrogens with zero attached hydrogens (tertiary/aromatic N) is 1. The average molecular weight is 381 g/mol. The highest BCUT2D eigenvalue weighted by Crippen LogP contribution is 2.23. The molecule has 2 aromatic rings. The largest absolute Gasteiger partial charge is 0.371 e. The lowest BCUT2D eigenvalue weighted by atomic mass is 9.87. The number of carbonyl (C=O) groups is 1. The van der Waals surface area contributed by atoms with Gasteiger partial charge in [0, 0.05) is 31.7 Å². The fraction of sp³-hybridized carbons (Fsp3) is 0.458. The van der Waals surface area contributed by atoms with Crippen LogP contribution < -0.4 is 5.32 Å². The summed E-state index contributed by atoms with van der Waals surface area (Å²) in [4.78, 5) is 14.8. The van der Waals surface area contributed by atoms with E-state index in [4.69, 9.17) is 4.74 Å². The number of carbonyl (C=O) groups excluding carboxylic acids is 1. The Morgan fingerprint density at radius 1 is 1.11 bits per heavy atom. The minimum Gasteiger partial charge on any atom is -0.371 e. The van der Waals surface area contributed by atoms with Gasteiger partial charge in [-0.25, -0.2) is 0 Å². The van der Waals surface area contributed by atoms with Crippen molar-refractivity contribution >= 4 is 5.91 Å². The zero-order valence-corrected chi connectivity index (χ0v) is 17.3. The van der Waals surface area contributed by atoms with Crippen LogP contribution in [0.2, 0.25) is 0 Å². The summed E-state index contributed by atoms with van der Waals surface area (Å²) in [6, 6.07) is 18.3. The molecule has 1 amide bonds. The van der Waals surface area contributed by atoms with Crippen LogP contribution in [0.25, 0.3) is 0 Å². The molecule has 1 atom stereocenters. The Labute approximate surface area is 168 Å². The van der Waals surface area contributed by atoms with E-state index in [1.54, 1.807) is 0 Å². The summed E-state index contributed by atoms with van der Waals surface area (Å²) < 4.78 is 5.92. The SMILES string of the molecule is CC(C)(C)c1ccc(C(=O)NCCCN2CCOC(c3ccccc3)C2)cc1. The highest BCUT2D eigenvalue weighted by Gasteiger charge is 2.21. The normalized spacial score (nSPS) is 18.0. The molecule has 2 aromatic carbocycles. The summed E-state index contributed by atoms with van der Waals surface area (Å²) in [5.41, 5.74) is 3.30. The Hall–Kier alpha value is -2.17. The summed E-state index contributed by atoms with van der Waals surface area (Å²) >= 11 is 0. The third-order valence-electron chi connectivity index (χ3n) is 5.27. The first-order valence-corrected chi connectivity index (χ1v) is 10.2. The second-order valence-corrected chi connectivity index (χ2v) is 8.51. The van der Waals surface area contributed by atoms with Crippen molar-refractivity contribution < 1.29 is 9.53 Å². The lowest BCUT2D eigenvalue weighted by Crippen LogP contribution is -2.39. The number of benzene rings is 2. The average Bonchev–Trinajstić information content (AvgIpc) is 2.71. The molecule has 1 N–H and O–H groups in total. The molecule has 0 spiro atoms. The van der Waals surface area contributed by atoms with E-state index >= 15 is 0 Å². The molecule has 1 aliphatic heterocycles. The molecule has 1 fully saturated rings. The van der Waals surface area contributed by atoms with Gasteiger partial charge < -0.3 is 10.1 Å². The molecule has 0 bridgehead atoms. The molecule has 4 nitrogen and oxygen atoms in total. The molecule has 150 valence electrons. The standard InChI is InChI=1S/C24H32N2O2/c1-24(2,3)21-12-10-20(11-13-21)23(27)25-14-7-15-26-16-17-28-22(18-26)19-8-5-4-6-9-19/h4-6,8-13,22H,7,14-18H2,1-3H3,(H,25,27). The fourth-order valence-electron chi connectivity index (χ4n) is 3.50. The summed E-state index contributed by atoms with van der Waals surface area (Å²) in [6.45, 7) is 10.8. The van der Waals surface area contributed by atoms with Crippen LogP contribution in [-0.2, 0) is 10.2 Å². The number of amides is 1. The van der Waals surface area contributed by atoms with Crippen LogP contribution in [0, 0.1) is 0 Å². The van der Waals surface area contributed by atoms with Gasteiger partial charge in [0.25, 0.3) is 5.91 Å². The Bertz CT molecular complexity index is 750. The Morgan fingerprint density at radius 3 is 2.50 bits per heavy atom. The maximum absolute atomic E-state index is 12.3. The van der Waals surface area contributed by atoms with Crippen LogP contribution in [0.5, 0.6) is 0 Å². The summed E-state index contributed by atoms with van der Waals surface area (Å²) in [6.07, 6.45) is 1.08. The van der Waals surface area contributed by atoms with Gasteiger partial charge in [-0.3, -0.25) is 9.69 Å². The van der Waals surface area contributed by atoms with E-state index < -0.39 is 0 Å². The van der Waals surface area contributed by atoms with Crippen LogP contribution in [0.4, 0.5) is 0 Å². The zero-order valence-electron chi connectivity index (χ0n) is 17.3. The Balaban J connectivity index is 1.41. The molecule has 0 aliphatic carbocycles. The van der Waals surface area contributed by atoms with Crippen LogP contribution in [0.3, 0.4) is 0 Å². The highest BCUT2D eigenvalue weighted by molar-refractivity contribution is 5.94. The van der Waals surface area contributed by atoms with Crippen LogP contribution >= 0.6 is 0 Å². The first kappa shape index (κ1) is 20.6. The second-order valence-electron chi connectivity index (χ2n) is 8.51. The maximum atomic E-state index is 12.3. The Morgan fingerprint density at radius 2 is 1.82 bits per heavy atom. The molecular weight excluding hydrogens is 348 g/mol. The molecule has 3 rings (SSSR count). The number of hydrogen-bond donors (Lipinski definition) is 1. The molecule has 1 saturated heterocycles. The van der Waals surface area contributed by atoms with E-state index in [0.29, 0.717) is 6.54 Å². The molecule has 0 radical (unpaired) electrons. The van der Waals surface area contributed by atoms with E-state index in [1.807, 2.05) is 30.3 Å². The van der Waals surface area contributed by atoms with Gasteiger partial charge in [0.05, 0.1) is 12.7 Å². The van der Waals surface area contributed by atoms with Gasteiger partial charge in [-0.1, -0.05) is 63.2 Å². The molecule has 0 aromatic heterocycles. The van der Waals surface area contributed by atoms with Gasteiger partial charge in [-0.15, -0.1) is 0 Å². The smallest absolute Gasteiger partial charge is 0.251 e. The van der Waals surface area contributed by atoms with Crippen LogP contribution in [-0.4, -0.2) is 43.6 Å². The van der Waals surface area contributed by atoms with Gasteiger partial charge in [-0.2, -0.15) is 0 Å². The number of nitrogens with one attached hydrogen (secondary N) is 1. The van der Waals surface area contributed by atoms with Gasteiger partial charge >= 0.3 is 0 Å². The predicted octanol–water partition coefficient (Wildman–Crippen LogP) is 4.18. The summed E-state index contributed by atoms with van der Waals surface area (Å²) in [7, 11) is 0. The number of morpholine rings is 1. The van der Waals surface area contributed by atoms with E-state index in [0.717, 1.165) is 38.2 Å². The monoisotopic (exact) mass is 380 g/mol. The lowest BCUT2D eigenvalue weighted by Gasteiger charge is -2.33. The number of hydrogen-bond acceptors (Lipinski definition) is 3. The topological polar surface area (TPSA) is 41.6 Å². The van der Waals surface area contributed by atoms with Crippen molar-refractivity contribution in [2.75, 3.05) is 32.8 Å². The molecule has 4 heteroatoms. The van der Waals surface area contributed by atoms with E-state index in [2.05, 4.69) is 55.3 Å². The van der Waals surface area contributed by atoms with Crippen LogP contribution in [0.15, 0.2) is 54.6 Å². The van der Waals surface area contributed by atoms with Gasteiger partial charge in [-0.05, 0) is 35.1 Å². The van der Waals surface area contributed by atoms with Crippen molar-refractivity contribution in [2.24, 2.45) is 0 Å². The summed E-state index contributed by atoms with van der Waals surface area (Å²) in [5.74, 6) is 0.00426. The fourth-order valence-corrected chi connectivity index (χ4v) is 3.50. The first-order valence-electron chi connectivity index (χ1n) is 10.2. The van der Waals surface area contributed by atoms with Gasteiger partial charge in [0.2, 0.25) is 0 Å². The van der Waals surface area contributed by atoms with E-state index in [9.17, 15) is 4.79 Å². The molecule has 1 heterocycles. The zero-order chi connectivity index (χ0) is 20.0. The van der Waals surface area contributed by atoms with Crippen molar-refractivity contribution in [1.29, 1.82) is 0 Å². The van der Waals surface area contributed by atoms with E-state index in [1.165, 1.54) is 11.1 Å². The van der Waals surface area contributed by atoms with Gasteiger partial charge in [0.1, 0.15) is 0 Å². The van der Waals surface area contributed by atoms with E-state index in [-0.39, 0.29) is 17.4 Å². The summed E-state index contributed by atoms with van der Waals surface area (Å²) in [5, 5.41) is 3.04. The minimum absolute atomic E-state index is 0.00426. The molecular formula is C24H32N2O2. The molecule has 0 saturated carbocycles. The van der Waals surface area contributed by atoms with Crippen molar-refractivity contribution in [1.82, 2.24) is 10.2 Å². The van der Waals surface area contributed by atoms with Crippen molar-refractivity contribution in [3.63, 3.8) is 0 Å². The molecule has 1 unspecified atom stereocenters. The number of rotatable bonds is 6. The van der Waals surface area contributed by atoms with Crippen LogP contribution in [0.1, 0.15) is 54.8 Å². The van der Waals surface area contributed by atoms with Crippen molar-refractivity contribution in [3.8, 4) is 0 Å². The predicted molar refractivity (Wildman–Crippen MR) is 114 cm³/mol. The highest BCUT2D eigenvalue weighted by atomic mass is 16.5. The minimum atomic E-state index is 0.00426. The Kier molecular flexibility index (Phi) is 6.87. The van der Waals surface area contributed by atoms with Gasteiger partial charge in [0.15, 0.2) is 0 Å². The quantitative estimate of drug-likeness (QED) is 0.765. The first-order chi connectivity index (χ1) is 13.4. The second kappa shape index (κ2) is 9.35. The molecule has 1 aliphatic rings. The third-order valence-corrected chi connectivity index (χ3v) is 5.27. The third kappa shape index (κ3) is 5.66. The van der Waals surface area contributed by atoms with Crippen molar-refractivity contribution in [3.05, 3.63) is 71.3 Å². The molecule has 28 heavy (non-hydrogen) atoms. The van der Waals surface area contributed by atoms with Crippen molar-refractivity contribution in [2.45, 2.75) is 38.7 Å². The maximum Gasteiger partial charge on any atom is 0.251 e. The lowest BCUT2D eigenvalue weighted by molar-refractivity contribution is -0.0301.